The van der Waals surface area contributed by atoms with Crippen molar-refractivity contribution in [1.82, 2.24) is 16.2 Å². The number of thiocarbonyl (C=S) groups is 1. The first-order valence-electron chi connectivity index (χ1n) is 8.80. The maximum absolute atomic E-state index is 12.1. The van der Waals surface area contributed by atoms with Crippen molar-refractivity contribution in [1.29, 1.82) is 0 Å². The minimum Gasteiger partial charge on any atom is -0.483 e. The zero-order valence-corrected chi connectivity index (χ0v) is 18.2. The first-order valence-corrected chi connectivity index (χ1v) is 10.0. The number of nitro groups is 1. The van der Waals surface area contributed by atoms with Crippen LogP contribution in [0, 0.1) is 10.1 Å². The summed E-state index contributed by atoms with van der Waals surface area (Å²) in [4.78, 5) is 34.5. The van der Waals surface area contributed by atoms with Gasteiger partial charge in [-0.05, 0) is 51.1 Å². The standard InChI is InChI=1S/C20H15BrN4O5S/c21-18-13-6-2-1-5-12(13)9-10-16(18)30-11-17(26)22-20(31)24-23-19(27)14-7-3-4-8-15(14)25(28)29/h1-10H,11H2,(H,23,27)(H2,22,24,26,31). The molecule has 3 aromatic rings. The topological polar surface area (TPSA) is 123 Å². The highest BCUT2D eigenvalue weighted by molar-refractivity contribution is 9.10. The van der Waals surface area contributed by atoms with Crippen LogP contribution in [0.15, 0.2) is 65.1 Å². The Morgan fingerprint density at radius 2 is 1.74 bits per heavy atom. The predicted molar refractivity (Wildman–Crippen MR) is 122 cm³/mol. The molecule has 9 nitrogen and oxygen atoms in total. The van der Waals surface area contributed by atoms with Gasteiger partial charge < -0.3 is 4.74 Å². The minimum atomic E-state index is -0.778. The lowest BCUT2D eigenvalue weighted by Gasteiger charge is -2.12. The summed E-state index contributed by atoms with van der Waals surface area (Å²) >= 11 is 8.42. The maximum Gasteiger partial charge on any atom is 0.282 e. The molecule has 0 unspecified atom stereocenters. The number of ether oxygens (including phenoxy) is 1. The molecule has 0 bridgehead atoms. The summed E-state index contributed by atoms with van der Waals surface area (Å²) in [7, 11) is 0. The SMILES string of the molecule is O=C(COc1ccc2ccccc2c1Br)NC(=S)NNC(=O)c1ccccc1[N+](=O)[O-]. The van der Waals surface area contributed by atoms with Gasteiger partial charge in [-0.2, -0.15) is 0 Å². The Balaban J connectivity index is 1.51. The minimum absolute atomic E-state index is 0.154. The molecule has 3 rings (SSSR count). The van der Waals surface area contributed by atoms with Crippen molar-refractivity contribution in [2.24, 2.45) is 0 Å². The Morgan fingerprint density at radius 3 is 2.52 bits per heavy atom. The van der Waals surface area contributed by atoms with E-state index in [0.29, 0.717) is 5.75 Å². The molecule has 0 saturated carbocycles. The van der Waals surface area contributed by atoms with Crippen LogP contribution in [0.25, 0.3) is 10.8 Å². The zero-order valence-electron chi connectivity index (χ0n) is 15.8. The summed E-state index contributed by atoms with van der Waals surface area (Å²) in [5.41, 5.74) is 4.02. The number of fused-ring (bicyclic) bond motifs is 1. The summed E-state index contributed by atoms with van der Waals surface area (Å²) < 4.78 is 6.25. The Bertz CT molecular complexity index is 1190. The molecule has 11 heteroatoms. The summed E-state index contributed by atoms with van der Waals surface area (Å²) in [6.45, 7) is -0.323. The normalized spacial score (nSPS) is 10.2. The van der Waals surface area contributed by atoms with Gasteiger partial charge in [-0.1, -0.05) is 42.5 Å². The number of para-hydroxylation sites is 1. The van der Waals surface area contributed by atoms with Gasteiger partial charge in [0, 0.05) is 6.07 Å². The molecule has 2 amide bonds. The van der Waals surface area contributed by atoms with Crippen molar-refractivity contribution in [2.75, 3.05) is 6.61 Å². The first-order chi connectivity index (χ1) is 14.9. The molecule has 0 heterocycles. The lowest BCUT2D eigenvalue weighted by atomic mass is 10.1. The lowest BCUT2D eigenvalue weighted by Crippen LogP contribution is -2.49. The Labute approximate surface area is 190 Å². The van der Waals surface area contributed by atoms with Crippen LogP contribution in [0.2, 0.25) is 0 Å². The number of rotatable bonds is 5. The van der Waals surface area contributed by atoms with Crippen LogP contribution in [0.4, 0.5) is 5.69 Å². The number of hydrazine groups is 1. The van der Waals surface area contributed by atoms with Gasteiger partial charge in [-0.25, -0.2) is 0 Å². The number of nitrogens with zero attached hydrogens (tertiary/aromatic N) is 1. The van der Waals surface area contributed by atoms with E-state index in [1.165, 1.54) is 24.3 Å². The maximum atomic E-state index is 12.1. The second-order valence-electron chi connectivity index (χ2n) is 6.12. The lowest BCUT2D eigenvalue weighted by molar-refractivity contribution is -0.385. The molecule has 0 atom stereocenters. The molecule has 158 valence electrons. The fourth-order valence-electron chi connectivity index (χ4n) is 2.67. The van der Waals surface area contributed by atoms with Gasteiger partial charge in [0.05, 0.1) is 9.40 Å². The van der Waals surface area contributed by atoms with Crippen LogP contribution in [-0.4, -0.2) is 28.5 Å². The van der Waals surface area contributed by atoms with Crippen LogP contribution in [0.5, 0.6) is 5.75 Å². The van der Waals surface area contributed by atoms with E-state index >= 15 is 0 Å². The number of carbonyl (C=O) groups is 2. The van der Waals surface area contributed by atoms with Crippen molar-refractivity contribution < 1.29 is 19.2 Å². The Kier molecular flexibility index (Phi) is 7.11. The molecule has 0 saturated heterocycles. The van der Waals surface area contributed by atoms with Gasteiger partial charge in [-0.3, -0.25) is 35.9 Å². The van der Waals surface area contributed by atoms with Crippen LogP contribution < -0.4 is 20.9 Å². The molecule has 0 aliphatic heterocycles. The molecule has 0 aliphatic carbocycles. The number of halogens is 1. The fourth-order valence-corrected chi connectivity index (χ4v) is 3.44. The van der Waals surface area contributed by atoms with Gasteiger partial charge in [-0.15, -0.1) is 0 Å². The molecule has 0 spiro atoms. The predicted octanol–water partition coefficient (Wildman–Crippen LogP) is 3.23. The van der Waals surface area contributed by atoms with Crippen LogP contribution in [-0.2, 0) is 4.79 Å². The largest absolute Gasteiger partial charge is 0.483 e. The molecule has 0 fully saturated rings. The summed E-state index contributed by atoms with van der Waals surface area (Å²) in [6.07, 6.45) is 0. The van der Waals surface area contributed by atoms with Gasteiger partial charge in [0.2, 0.25) is 0 Å². The Morgan fingerprint density at radius 1 is 1.03 bits per heavy atom. The first kappa shape index (κ1) is 22.1. The van der Waals surface area contributed by atoms with E-state index in [2.05, 4.69) is 32.1 Å². The zero-order chi connectivity index (χ0) is 22.4. The summed E-state index contributed by atoms with van der Waals surface area (Å²) in [6, 6.07) is 16.7. The van der Waals surface area contributed by atoms with E-state index in [1.54, 1.807) is 6.07 Å². The molecule has 3 aromatic carbocycles. The van der Waals surface area contributed by atoms with E-state index in [4.69, 9.17) is 17.0 Å². The van der Waals surface area contributed by atoms with Gasteiger partial charge in [0.25, 0.3) is 17.5 Å². The number of benzene rings is 3. The van der Waals surface area contributed by atoms with Crippen molar-refractivity contribution >= 4 is 61.5 Å². The van der Waals surface area contributed by atoms with Crippen LogP contribution in [0.3, 0.4) is 0 Å². The summed E-state index contributed by atoms with van der Waals surface area (Å²) in [5.74, 6) is -0.852. The van der Waals surface area contributed by atoms with Gasteiger partial charge >= 0.3 is 0 Å². The Hall–Kier alpha value is -3.57. The number of amides is 2. The third-order valence-corrected chi connectivity index (χ3v) is 5.10. The second kappa shape index (κ2) is 9.96. The number of hydrogen-bond donors (Lipinski definition) is 3. The molecule has 3 N–H and O–H groups in total. The quantitative estimate of drug-likeness (QED) is 0.278. The summed E-state index contributed by atoms with van der Waals surface area (Å²) in [5, 5.41) is 15.1. The monoisotopic (exact) mass is 502 g/mol. The third kappa shape index (κ3) is 5.53. The highest BCUT2D eigenvalue weighted by atomic mass is 79.9. The van der Waals surface area contributed by atoms with Crippen molar-refractivity contribution in [3.05, 3.63) is 80.8 Å². The average Bonchev–Trinajstić information content (AvgIpc) is 2.77. The molecule has 0 aliphatic rings. The van der Waals surface area contributed by atoms with Crippen molar-refractivity contribution in [3.8, 4) is 5.75 Å². The number of nitro benzene ring substituents is 1. The van der Waals surface area contributed by atoms with Crippen molar-refractivity contribution in [3.63, 3.8) is 0 Å². The highest BCUT2D eigenvalue weighted by Gasteiger charge is 2.19. The third-order valence-electron chi connectivity index (χ3n) is 4.07. The van der Waals surface area contributed by atoms with Gasteiger partial charge in [0.1, 0.15) is 11.3 Å². The smallest absolute Gasteiger partial charge is 0.282 e. The van der Waals surface area contributed by atoms with Crippen LogP contribution in [0.1, 0.15) is 10.4 Å². The molecule has 0 aromatic heterocycles. The van der Waals surface area contributed by atoms with E-state index in [0.717, 1.165) is 15.2 Å². The van der Waals surface area contributed by atoms with Crippen molar-refractivity contribution in [2.45, 2.75) is 0 Å². The number of carbonyl (C=O) groups excluding carboxylic acids is 2. The molecular weight excluding hydrogens is 488 g/mol. The van der Waals surface area contributed by atoms with E-state index < -0.39 is 16.7 Å². The average molecular weight is 503 g/mol. The number of hydrogen-bond acceptors (Lipinski definition) is 6. The van der Waals surface area contributed by atoms with E-state index in [1.807, 2.05) is 30.3 Å². The highest BCUT2D eigenvalue weighted by Crippen LogP contribution is 2.32. The molecule has 31 heavy (non-hydrogen) atoms. The van der Waals surface area contributed by atoms with Gasteiger partial charge in [0.15, 0.2) is 11.7 Å². The molecular formula is C20H15BrN4O5S. The molecule has 0 radical (unpaired) electrons. The van der Waals surface area contributed by atoms with E-state index in [9.17, 15) is 19.7 Å². The second-order valence-corrected chi connectivity index (χ2v) is 7.32. The van der Waals surface area contributed by atoms with Crippen LogP contribution >= 0.6 is 28.1 Å². The fraction of sp³-hybridized carbons (Fsp3) is 0.0500. The van der Waals surface area contributed by atoms with E-state index in [-0.39, 0.29) is 23.0 Å². The number of nitrogens with one attached hydrogen (secondary N) is 3.